The number of nitrogens with zero attached hydrogens (tertiary/aromatic N) is 1. The van der Waals surface area contributed by atoms with Gasteiger partial charge in [-0.05, 0) is 56.0 Å². The van der Waals surface area contributed by atoms with Crippen LogP contribution in [0.2, 0.25) is 0 Å². The first-order valence-electron chi connectivity index (χ1n) is 11.2. The molecule has 10 nitrogen and oxygen atoms in total. The fourth-order valence-corrected chi connectivity index (χ4v) is 5.82. The fraction of sp³-hybridized carbons (Fsp3) is 0.500. The third-order valence-corrected chi connectivity index (χ3v) is 8.13. The lowest BCUT2D eigenvalue weighted by Gasteiger charge is -2.29. The Hall–Kier alpha value is -2.60. The third-order valence-electron chi connectivity index (χ3n) is 6.36. The van der Waals surface area contributed by atoms with Crippen LogP contribution >= 0.6 is 0 Å². The number of ether oxygens (including phenoxy) is 2. The maximum absolute atomic E-state index is 13.0. The van der Waals surface area contributed by atoms with Crippen LogP contribution in [0.25, 0.3) is 0 Å². The number of fused-ring (bicyclic) bond motifs is 1. The van der Waals surface area contributed by atoms with E-state index in [0.29, 0.717) is 36.6 Å². The fourth-order valence-electron chi connectivity index (χ4n) is 4.43. The van der Waals surface area contributed by atoms with E-state index in [0.717, 1.165) is 12.0 Å². The zero-order chi connectivity index (χ0) is 23.0. The Morgan fingerprint density at radius 3 is 2.67 bits per heavy atom. The van der Waals surface area contributed by atoms with Crippen LogP contribution in [0.3, 0.4) is 0 Å². The lowest BCUT2D eigenvalue weighted by molar-refractivity contribution is -0.126. The van der Waals surface area contributed by atoms with E-state index >= 15 is 0 Å². The number of furan rings is 1. The molecule has 33 heavy (non-hydrogen) atoms. The Labute approximate surface area is 192 Å². The van der Waals surface area contributed by atoms with Crippen molar-refractivity contribution in [3.8, 4) is 11.5 Å². The molecule has 0 bridgehead atoms. The Kier molecular flexibility index (Phi) is 6.04. The molecule has 0 radical (unpaired) electrons. The maximum atomic E-state index is 13.0. The van der Waals surface area contributed by atoms with Crippen LogP contribution in [0, 0.1) is 5.92 Å². The highest BCUT2D eigenvalue weighted by atomic mass is 32.2. The van der Waals surface area contributed by atoms with E-state index in [9.17, 15) is 13.2 Å². The van der Waals surface area contributed by atoms with E-state index in [4.69, 9.17) is 13.9 Å². The summed E-state index contributed by atoms with van der Waals surface area (Å²) in [6, 6.07) is 9.03. The predicted molar refractivity (Wildman–Crippen MR) is 118 cm³/mol. The maximum Gasteiger partial charge on any atom is 0.276 e. The third kappa shape index (κ3) is 4.58. The Bertz CT molecular complexity index is 1130. The quantitative estimate of drug-likeness (QED) is 0.575. The SMILES string of the molecule is CC1CC(c2ccc(S(=O)(=O)N3CCC(C(=O)NCc4ccc5c(c4)OCO5)CC3)o2)NN1. The molecule has 2 unspecified atom stereocenters. The summed E-state index contributed by atoms with van der Waals surface area (Å²) in [5.41, 5.74) is 7.14. The number of carbonyl (C=O) groups excluding carboxylic acids is 1. The number of hydrogen-bond acceptors (Lipinski definition) is 8. The lowest BCUT2D eigenvalue weighted by Crippen LogP contribution is -2.42. The molecular formula is C22H28N4O6S. The van der Waals surface area contributed by atoms with Crippen LogP contribution in [0.15, 0.2) is 39.8 Å². The largest absolute Gasteiger partial charge is 0.454 e. The number of sulfonamides is 1. The number of amides is 1. The normalized spacial score (nSPS) is 23.7. The van der Waals surface area contributed by atoms with Gasteiger partial charge in [0.25, 0.3) is 10.0 Å². The molecule has 5 rings (SSSR count). The molecule has 1 amide bonds. The molecule has 2 saturated heterocycles. The van der Waals surface area contributed by atoms with Crippen molar-refractivity contribution in [2.45, 2.75) is 49.9 Å². The standard InChI is InChI=1S/C22H28N4O6S/c1-14-10-17(25-24-14)18-4-5-21(32-18)33(28,29)26-8-6-16(7-9-26)22(27)23-12-15-2-3-19-20(11-15)31-13-30-19/h2-5,11,14,16-17,24-25H,6-10,12-13H2,1H3,(H,23,27). The second-order valence-electron chi connectivity index (χ2n) is 8.72. The minimum Gasteiger partial charge on any atom is -0.454 e. The van der Waals surface area contributed by atoms with Crippen molar-refractivity contribution in [2.24, 2.45) is 5.92 Å². The van der Waals surface area contributed by atoms with Crippen LogP contribution in [0.5, 0.6) is 11.5 Å². The monoisotopic (exact) mass is 476 g/mol. The molecule has 2 aromatic rings. The van der Waals surface area contributed by atoms with Gasteiger partial charge in [0.05, 0.1) is 6.04 Å². The molecule has 0 spiro atoms. The van der Waals surface area contributed by atoms with Gasteiger partial charge < -0.3 is 19.2 Å². The summed E-state index contributed by atoms with van der Waals surface area (Å²) >= 11 is 0. The molecule has 3 N–H and O–H groups in total. The van der Waals surface area contributed by atoms with Crippen molar-refractivity contribution in [3.63, 3.8) is 0 Å². The zero-order valence-corrected chi connectivity index (χ0v) is 19.2. The average Bonchev–Trinajstić information content (AvgIpc) is 3.57. The lowest BCUT2D eigenvalue weighted by atomic mass is 9.97. The molecule has 2 fully saturated rings. The molecule has 1 aromatic heterocycles. The van der Waals surface area contributed by atoms with E-state index in [1.54, 1.807) is 6.07 Å². The number of carbonyl (C=O) groups is 1. The number of benzene rings is 1. The average molecular weight is 477 g/mol. The number of hydrogen-bond donors (Lipinski definition) is 3. The predicted octanol–water partition coefficient (Wildman–Crippen LogP) is 1.65. The van der Waals surface area contributed by atoms with Crippen molar-refractivity contribution >= 4 is 15.9 Å². The minimum absolute atomic E-state index is 0.0513. The van der Waals surface area contributed by atoms with Gasteiger partial charge in [-0.2, -0.15) is 4.31 Å². The smallest absolute Gasteiger partial charge is 0.276 e. The van der Waals surface area contributed by atoms with Crippen molar-refractivity contribution in [1.82, 2.24) is 20.5 Å². The van der Waals surface area contributed by atoms with Crippen molar-refractivity contribution in [2.75, 3.05) is 19.9 Å². The van der Waals surface area contributed by atoms with E-state index in [1.165, 1.54) is 10.4 Å². The molecule has 1 aromatic carbocycles. The van der Waals surface area contributed by atoms with Gasteiger partial charge in [0, 0.05) is 31.6 Å². The molecule has 11 heteroatoms. The highest BCUT2D eigenvalue weighted by Gasteiger charge is 2.35. The summed E-state index contributed by atoms with van der Waals surface area (Å²) in [6.07, 6.45) is 1.75. The van der Waals surface area contributed by atoms with Crippen LogP contribution in [-0.4, -0.2) is 44.6 Å². The van der Waals surface area contributed by atoms with Crippen LogP contribution in [0.4, 0.5) is 0 Å². The molecule has 178 valence electrons. The van der Waals surface area contributed by atoms with E-state index in [1.807, 2.05) is 25.1 Å². The number of nitrogens with one attached hydrogen (secondary N) is 3. The second kappa shape index (κ2) is 8.98. The van der Waals surface area contributed by atoms with E-state index < -0.39 is 10.0 Å². The van der Waals surface area contributed by atoms with E-state index in [2.05, 4.69) is 16.2 Å². The highest BCUT2D eigenvalue weighted by molar-refractivity contribution is 7.89. The number of piperidine rings is 1. The van der Waals surface area contributed by atoms with E-state index in [-0.39, 0.29) is 48.9 Å². The molecule has 2 atom stereocenters. The van der Waals surface area contributed by atoms with Gasteiger partial charge in [-0.3, -0.25) is 10.2 Å². The van der Waals surface area contributed by atoms with Gasteiger partial charge in [0.1, 0.15) is 5.76 Å². The van der Waals surface area contributed by atoms with Gasteiger partial charge in [-0.25, -0.2) is 13.8 Å². The molecule has 4 heterocycles. The van der Waals surface area contributed by atoms with Crippen molar-refractivity contribution in [1.29, 1.82) is 0 Å². The Morgan fingerprint density at radius 2 is 1.91 bits per heavy atom. The van der Waals surface area contributed by atoms with Gasteiger partial charge in [-0.15, -0.1) is 0 Å². The summed E-state index contributed by atoms with van der Waals surface area (Å²) < 4.78 is 43.8. The molecule has 0 saturated carbocycles. The summed E-state index contributed by atoms with van der Waals surface area (Å²) in [5.74, 6) is 1.68. The van der Waals surface area contributed by atoms with Crippen LogP contribution in [0.1, 0.15) is 43.6 Å². The van der Waals surface area contributed by atoms with Gasteiger partial charge in [0.2, 0.25) is 17.8 Å². The first kappa shape index (κ1) is 22.2. The number of hydrazine groups is 1. The first-order chi connectivity index (χ1) is 15.9. The Balaban J connectivity index is 1.14. The van der Waals surface area contributed by atoms with Crippen LogP contribution < -0.4 is 25.6 Å². The number of rotatable bonds is 6. The topological polar surface area (TPSA) is 122 Å². The second-order valence-corrected chi connectivity index (χ2v) is 10.6. The minimum atomic E-state index is -3.73. The summed E-state index contributed by atoms with van der Waals surface area (Å²) in [7, 11) is -3.73. The van der Waals surface area contributed by atoms with Gasteiger partial charge >= 0.3 is 0 Å². The van der Waals surface area contributed by atoms with Gasteiger partial charge in [0.15, 0.2) is 11.5 Å². The van der Waals surface area contributed by atoms with Gasteiger partial charge in [-0.1, -0.05) is 6.07 Å². The molecule has 0 aliphatic carbocycles. The molecular weight excluding hydrogens is 448 g/mol. The summed E-state index contributed by atoms with van der Waals surface area (Å²) in [4.78, 5) is 12.6. The van der Waals surface area contributed by atoms with Crippen molar-refractivity contribution < 1.29 is 27.1 Å². The first-order valence-corrected chi connectivity index (χ1v) is 12.6. The molecule has 3 aliphatic rings. The zero-order valence-electron chi connectivity index (χ0n) is 18.4. The van der Waals surface area contributed by atoms with Crippen LogP contribution in [-0.2, 0) is 21.4 Å². The summed E-state index contributed by atoms with van der Waals surface area (Å²) in [6.45, 7) is 3.19. The Morgan fingerprint density at radius 1 is 1.12 bits per heavy atom. The van der Waals surface area contributed by atoms with Crippen molar-refractivity contribution in [3.05, 3.63) is 41.7 Å². The summed E-state index contributed by atoms with van der Waals surface area (Å²) in [5, 5.41) is 2.90. The molecule has 3 aliphatic heterocycles. The highest BCUT2D eigenvalue weighted by Crippen LogP contribution is 2.33.